The smallest absolute Gasteiger partial charge is 0.0802 e. The van der Waals surface area contributed by atoms with Gasteiger partial charge in [-0.3, -0.25) is 4.90 Å². The summed E-state index contributed by atoms with van der Waals surface area (Å²) in [5.74, 6) is 0.274. The van der Waals surface area contributed by atoms with E-state index in [1.54, 1.807) is 0 Å². The van der Waals surface area contributed by atoms with Crippen LogP contribution in [0, 0.1) is 11.3 Å². The molecule has 0 aromatic heterocycles. The minimum absolute atomic E-state index is 0.274. The summed E-state index contributed by atoms with van der Waals surface area (Å²) < 4.78 is 0. The Morgan fingerprint density at radius 2 is 2.31 bits per heavy atom. The second kappa shape index (κ2) is 5.43. The van der Waals surface area contributed by atoms with Crippen molar-refractivity contribution in [2.45, 2.75) is 31.4 Å². The van der Waals surface area contributed by atoms with Crippen molar-refractivity contribution in [2.75, 3.05) is 19.0 Å². The van der Waals surface area contributed by atoms with Crippen molar-refractivity contribution >= 4 is 11.6 Å². The summed E-state index contributed by atoms with van der Waals surface area (Å²) >= 11 is 5.51. The first-order chi connectivity index (χ1) is 6.27. The van der Waals surface area contributed by atoms with Crippen molar-refractivity contribution in [3.8, 4) is 6.07 Å². The van der Waals surface area contributed by atoms with Crippen LogP contribution in [0.3, 0.4) is 0 Å². The molecule has 1 saturated carbocycles. The van der Waals surface area contributed by atoms with Crippen molar-refractivity contribution in [3.63, 3.8) is 0 Å². The summed E-state index contributed by atoms with van der Waals surface area (Å²) in [5, 5.41) is 17.8. The topological polar surface area (TPSA) is 47.3 Å². The highest BCUT2D eigenvalue weighted by Gasteiger charge is 2.29. The molecule has 13 heavy (non-hydrogen) atoms. The van der Waals surface area contributed by atoms with Gasteiger partial charge in [0.2, 0.25) is 0 Å². The zero-order valence-electron chi connectivity index (χ0n) is 7.62. The summed E-state index contributed by atoms with van der Waals surface area (Å²) in [5.41, 5.74) is 0. The Kier molecular flexibility index (Phi) is 4.51. The minimum Gasteiger partial charge on any atom is -0.391 e. The molecule has 0 aromatic carbocycles. The summed E-state index contributed by atoms with van der Waals surface area (Å²) in [6.07, 6.45) is 2.47. The van der Waals surface area contributed by atoms with Gasteiger partial charge < -0.3 is 5.11 Å². The molecule has 1 unspecified atom stereocenters. The number of hydrogen-bond acceptors (Lipinski definition) is 3. The molecule has 1 rings (SSSR count). The monoisotopic (exact) mass is 202 g/mol. The molecule has 4 heteroatoms. The van der Waals surface area contributed by atoms with Gasteiger partial charge in [-0.2, -0.15) is 5.26 Å². The molecule has 0 aromatic rings. The summed E-state index contributed by atoms with van der Waals surface area (Å²) in [4.78, 5) is 2.16. The van der Waals surface area contributed by atoms with Gasteiger partial charge >= 0.3 is 0 Å². The molecule has 0 bridgehead atoms. The highest BCUT2D eigenvalue weighted by atomic mass is 35.5. The van der Waals surface area contributed by atoms with E-state index in [0.717, 1.165) is 6.54 Å². The third-order valence-electron chi connectivity index (χ3n) is 2.20. The molecule has 0 amide bonds. The molecule has 1 fully saturated rings. The minimum atomic E-state index is -0.457. The van der Waals surface area contributed by atoms with Gasteiger partial charge in [-0.25, -0.2) is 0 Å². The largest absolute Gasteiger partial charge is 0.391 e. The number of halogens is 1. The average molecular weight is 203 g/mol. The van der Waals surface area contributed by atoms with Gasteiger partial charge in [-0.1, -0.05) is 0 Å². The molecule has 0 saturated heterocycles. The molecule has 0 heterocycles. The third kappa shape index (κ3) is 3.95. The van der Waals surface area contributed by atoms with E-state index in [4.69, 9.17) is 16.9 Å². The standard InChI is InChI=1S/C9H15ClN2O/c10-6-9(13)7-12(5-1-4-11)8-2-3-8/h8-9,13H,1-3,5-7H2. The zero-order valence-corrected chi connectivity index (χ0v) is 8.37. The highest BCUT2D eigenvalue weighted by molar-refractivity contribution is 6.18. The molecule has 0 spiro atoms. The fourth-order valence-electron chi connectivity index (χ4n) is 1.38. The lowest BCUT2D eigenvalue weighted by Gasteiger charge is -2.22. The van der Waals surface area contributed by atoms with Gasteiger partial charge in [0.05, 0.1) is 12.2 Å². The number of nitrogens with zero attached hydrogens (tertiary/aromatic N) is 2. The van der Waals surface area contributed by atoms with Crippen LogP contribution in [0.4, 0.5) is 0 Å². The van der Waals surface area contributed by atoms with E-state index < -0.39 is 6.10 Å². The maximum atomic E-state index is 9.35. The zero-order chi connectivity index (χ0) is 9.68. The number of hydrogen-bond donors (Lipinski definition) is 1. The average Bonchev–Trinajstić information content (AvgIpc) is 2.94. The lowest BCUT2D eigenvalue weighted by Crippen LogP contribution is -2.35. The number of rotatable bonds is 6. The van der Waals surface area contributed by atoms with Crippen molar-refractivity contribution in [1.82, 2.24) is 4.90 Å². The molecule has 1 aliphatic carbocycles. The molecule has 1 N–H and O–H groups in total. The quantitative estimate of drug-likeness (QED) is 0.653. The Morgan fingerprint density at radius 3 is 2.77 bits per heavy atom. The van der Waals surface area contributed by atoms with Crippen LogP contribution in [0.1, 0.15) is 19.3 Å². The van der Waals surface area contributed by atoms with Crippen LogP contribution in [0.25, 0.3) is 0 Å². The molecular weight excluding hydrogens is 188 g/mol. The van der Waals surface area contributed by atoms with E-state index in [1.165, 1.54) is 12.8 Å². The van der Waals surface area contributed by atoms with Gasteiger partial charge in [0, 0.05) is 31.4 Å². The molecule has 74 valence electrons. The predicted octanol–water partition coefficient (Wildman–Crippen LogP) is 0.964. The van der Waals surface area contributed by atoms with Crippen LogP contribution in [0.15, 0.2) is 0 Å². The summed E-state index contributed by atoms with van der Waals surface area (Å²) in [6, 6.07) is 2.70. The Balaban J connectivity index is 2.25. The highest BCUT2D eigenvalue weighted by Crippen LogP contribution is 2.26. The SMILES string of the molecule is N#CCCN(CC(O)CCl)C1CC1. The fraction of sp³-hybridized carbons (Fsp3) is 0.889. The number of nitriles is 1. The van der Waals surface area contributed by atoms with E-state index >= 15 is 0 Å². The van der Waals surface area contributed by atoms with Crippen molar-refractivity contribution in [1.29, 1.82) is 5.26 Å². The Labute approximate surface area is 83.9 Å². The van der Waals surface area contributed by atoms with Crippen LogP contribution in [0.5, 0.6) is 0 Å². The first kappa shape index (κ1) is 10.8. The summed E-state index contributed by atoms with van der Waals surface area (Å²) in [7, 11) is 0. The lowest BCUT2D eigenvalue weighted by atomic mass is 10.3. The van der Waals surface area contributed by atoms with Gasteiger partial charge in [0.1, 0.15) is 0 Å². The van der Waals surface area contributed by atoms with Gasteiger partial charge in [0.25, 0.3) is 0 Å². The Morgan fingerprint density at radius 1 is 1.62 bits per heavy atom. The van der Waals surface area contributed by atoms with E-state index in [2.05, 4.69) is 11.0 Å². The van der Waals surface area contributed by atoms with Crippen molar-refractivity contribution in [2.24, 2.45) is 0 Å². The summed E-state index contributed by atoms with van der Waals surface area (Å²) in [6.45, 7) is 1.37. The maximum Gasteiger partial charge on any atom is 0.0802 e. The van der Waals surface area contributed by atoms with Crippen LogP contribution >= 0.6 is 11.6 Å². The van der Waals surface area contributed by atoms with Gasteiger partial charge in [-0.05, 0) is 12.8 Å². The molecule has 1 atom stereocenters. The first-order valence-corrected chi connectivity index (χ1v) is 5.16. The predicted molar refractivity (Wildman–Crippen MR) is 51.6 cm³/mol. The Hall–Kier alpha value is -0.300. The fourth-order valence-corrected chi connectivity index (χ4v) is 1.47. The molecule has 0 radical (unpaired) electrons. The van der Waals surface area contributed by atoms with Crippen molar-refractivity contribution < 1.29 is 5.11 Å². The lowest BCUT2D eigenvalue weighted by molar-refractivity contribution is 0.125. The normalized spacial score (nSPS) is 18.6. The Bertz CT molecular complexity index is 189. The van der Waals surface area contributed by atoms with Gasteiger partial charge in [0.15, 0.2) is 0 Å². The molecule has 3 nitrogen and oxygen atoms in total. The molecule has 0 aliphatic heterocycles. The van der Waals surface area contributed by atoms with Gasteiger partial charge in [-0.15, -0.1) is 11.6 Å². The molecular formula is C9H15ClN2O. The van der Waals surface area contributed by atoms with Crippen molar-refractivity contribution in [3.05, 3.63) is 0 Å². The number of aliphatic hydroxyl groups excluding tert-OH is 1. The van der Waals surface area contributed by atoms with Crippen LogP contribution < -0.4 is 0 Å². The van der Waals surface area contributed by atoms with Crippen LogP contribution in [-0.2, 0) is 0 Å². The third-order valence-corrected chi connectivity index (χ3v) is 2.55. The van der Waals surface area contributed by atoms with E-state index in [0.29, 0.717) is 19.0 Å². The van der Waals surface area contributed by atoms with E-state index in [-0.39, 0.29) is 5.88 Å². The number of aliphatic hydroxyl groups is 1. The van der Waals surface area contributed by atoms with E-state index in [9.17, 15) is 5.11 Å². The second-order valence-electron chi connectivity index (χ2n) is 3.44. The van der Waals surface area contributed by atoms with Crippen LogP contribution in [-0.4, -0.2) is 41.1 Å². The second-order valence-corrected chi connectivity index (χ2v) is 3.75. The molecule has 1 aliphatic rings. The van der Waals surface area contributed by atoms with E-state index in [1.807, 2.05) is 0 Å². The first-order valence-electron chi connectivity index (χ1n) is 4.63. The number of alkyl halides is 1. The van der Waals surface area contributed by atoms with Crippen LogP contribution in [0.2, 0.25) is 0 Å². The maximum absolute atomic E-state index is 9.35.